The second-order valence-corrected chi connectivity index (χ2v) is 9.00. The highest BCUT2D eigenvalue weighted by atomic mass is 32.2. The van der Waals surface area contributed by atoms with Gasteiger partial charge in [-0.05, 0) is 43.7 Å². The van der Waals surface area contributed by atoms with Crippen molar-refractivity contribution in [3.8, 4) is 5.82 Å². The summed E-state index contributed by atoms with van der Waals surface area (Å²) in [6.45, 7) is 3.78. The summed E-state index contributed by atoms with van der Waals surface area (Å²) in [7, 11) is -1.89. The molecule has 2 aromatic heterocycles. The number of nitrogens with one attached hydrogen (secondary N) is 1. The Balaban J connectivity index is 1.88. The molecule has 0 fully saturated rings. The van der Waals surface area contributed by atoms with Crippen LogP contribution in [-0.4, -0.2) is 34.4 Å². The van der Waals surface area contributed by atoms with Crippen LogP contribution in [-0.2, 0) is 21.9 Å². The van der Waals surface area contributed by atoms with E-state index >= 15 is 0 Å². The Labute approximate surface area is 175 Å². The Morgan fingerprint density at radius 2 is 2.03 bits per heavy atom. The molecule has 1 amide bonds. The van der Waals surface area contributed by atoms with Gasteiger partial charge in [0.05, 0.1) is 17.0 Å². The minimum Gasteiger partial charge on any atom is -0.301 e. The number of fused-ring (bicyclic) bond motifs is 1. The van der Waals surface area contributed by atoms with Crippen LogP contribution in [0, 0.1) is 12.7 Å². The largest absolute Gasteiger partial charge is 0.301 e. The van der Waals surface area contributed by atoms with Crippen molar-refractivity contribution < 1.29 is 17.6 Å². The van der Waals surface area contributed by atoms with E-state index < -0.39 is 15.9 Å². The maximum Gasteiger partial charge on any atom is 0.257 e. The summed E-state index contributed by atoms with van der Waals surface area (Å²) in [6, 6.07) is 6.30. The van der Waals surface area contributed by atoms with Crippen LogP contribution >= 0.6 is 0 Å². The number of benzene rings is 1. The molecule has 2 heterocycles. The Morgan fingerprint density at radius 1 is 1.27 bits per heavy atom. The van der Waals surface area contributed by atoms with Crippen molar-refractivity contribution >= 4 is 32.9 Å². The average Bonchev–Trinajstić information content (AvgIpc) is 3.18. The summed E-state index contributed by atoms with van der Waals surface area (Å²) in [5.41, 5.74) is 2.13. The highest BCUT2D eigenvalue weighted by Gasteiger charge is 2.16. The lowest BCUT2D eigenvalue weighted by Gasteiger charge is -2.08. The molecule has 0 saturated heterocycles. The summed E-state index contributed by atoms with van der Waals surface area (Å²) >= 11 is 0. The molecule has 0 aliphatic heterocycles. The zero-order valence-electron chi connectivity index (χ0n) is 17.2. The first kappa shape index (κ1) is 21.8. The van der Waals surface area contributed by atoms with E-state index in [4.69, 9.17) is 0 Å². The second kappa shape index (κ2) is 8.83. The van der Waals surface area contributed by atoms with Crippen molar-refractivity contribution in [3.63, 3.8) is 0 Å². The zero-order chi connectivity index (χ0) is 21.9. The van der Waals surface area contributed by atoms with Crippen LogP contribution in [0.2, 0.25) is 0 Å². The third-order valence-electron chi connectivity index (χ3n) is 4.79. The van der Waals surface area contributed by atoms with Crippen LogP contribution in [0.15, 0.2) is 36.5 Å². The van der Waals surface area contributed by atoms with Gasteiger partial charge in [0, 0.05) is 30.3 Å². The van der Waals surface area contributed by atoms with E-state index in [1.54, 1.807) is 43.1 Å². The minimum absolute atomic E-state index is 0.0799. The Hall–Kier alpha value is -2.94. The first-order valence-corrected chi connectivity index (χ1v) is 11.4. The molecular weight excluding hydrogens is 407 g/mol. The molecule has 0 bridgehead atoms. The van der Waals surface area contributed by atoms with Crippen LogP contribution in [0.5, 0.6) is 0 Å². The van der Waals surface area contributed by atoms with Gasteiger partial charge in [-0.25, -0.2) is 17.5 Å². The number of carbonyl (C=O) groups excluding carboxylic acids is 1. The van der Waals surface area contributed by atoms with Gasteiger partial charge in [-0.15, -0.1) is 0 Å². The highest BCUT2D eigenvalue weighted by Crippen LogP contribution is 2.26. The molecule has 3 aromatic rings. The van der Waals surface area contributed by atoms with E-state index in [1.165, 1.54) is 18.2 Å². The third-order valence-corrected chi connectivity index (χ3v) is 6.13. The zero-order valence-corrected chi connectivity index (χ0v) is 18.0. The van der Waals surface area contributed by atoms with Gasteiger partial charge < -0.3 is 4.57 Å². The number of halogens is 1. The van der Waals surface area contributed by atoms with E-state index in [0.29, 0.717) is 23.5 Å². The number of amides is 1. The fraction of sp³-hybridized carbons (Fsp3) is 0.333. The summed E-state index contributed by atoms with van der Waals surface area (Å²) in [4.78, 5) is 12.2. The number of aromatic nitrogens is 3. The summed E-state index contributed by atoms with van der Waals surface area (Å²) in [5.74, 6) is -0.425. The van der Waals surface area contributed by atoms with Gasteiger partial charge in [0.1, 0.15) is 11.6 Å². The molecule has 0 aliphatic carbocycles. The van der Waals surface area contributed by atoms with E-state index in [9.17, 15) is 17.6 Å². The van der Waals surface area contributed by atoms with E-state index in [-0.39, 0.29) is 11.6 Å². The van der Waals surface area contributed by atoms with Crippen LogP contribution < -0.4 is 4.72 Å². The number of aryl methyl sites for hydroxylation is 2. The fourth-order valence-corrected chi connectivity index (χ4v) is 4.44. The monoisotopic (exact) mass is 432 g/mol. The maximum atomic E-state index is 13.5. The lowest BCUT2D eigenvalue weighted by atomic mass is 10.2. The predicted octanol–water partition coefficient (Wildman–Crippen LogP) is 3.46. The number of sulfonamides is 1. The molecule has 3 rings (SSSR count). The number of nitrogens with zero attached hydrogens (tertiary/aromatic N) is 3. The molecule has 1 N–H and O–H groups in total. The van der Waals surface area contributed by atoms with Crippen molar-refractivity contribution in [1.82, 2.24) is 19.1 Å². The van der Waals surface area contributed by atoms with Crippen LogP contribution in [0.25, 0.3) is 22.8 Å². The number of hydrogen-bond acceptors (Lipinski definition) is 4. The Bertz CT molecular complexity index is 1210. The topological polar surface area (TPSA) is 86.0 Å². The number of unbranched alkanes of at least 4 members (excludes halogenated alkanes) is 2. The average molecular weight is 433 g/mol. The van der Waals surface area contributed by atoms with Gasteiger partial charge >= 0.3 is 0 Å². The molecule has 9 heteroatoms. The molecule has 0 atom stereocenters. The van der Waals surface area contributed by atoms with Gasteiger partial charge in [0.25, 0.3) is 5.91 Å². The smallest absolute Gasteiger partial charge is 0.257 e. The van der Waals surface area contributed by atoms with Crippen molar-refractivity contribution in [1.29, 1.82) is 0 Å². The van der Waals surface area contributed by atoms with Crippen molar-refractivity contribution in [2.45, 2.75) is 33.1 Å². The molecular formula is C21H25FN4O3S. The molecule has 1 aromatic carbocycles. The first-order valence-electron chi connectivity index (χ1n) is 9.75. The quantitative estimate of drug-likeness (QED) is 0.436. The van der Waals surface area contributed by atoms with Crippen molar-refractivity contribution in [2.24, 2.45) is 7.05 Å². The number of carbonyl (C=O) groups is 1. The summed E-state index contributed by atoms with van der Waals surface area (Å²) in [5, 5.41) is 5.15. The predicted molar refractivity (Wildman–Crippen MR) is 115 cm³/mol. The maximum absolute atomic E-state index is 13.5. The van der Waals surface area contributed by atoms with Gasteiger partial charge in [0.15, 0.2) is 0 Å². The summed E-state index contributed by atoms with van der Waals surface area (Å²) < 4.78 is 43.1. The second-order valence-electron chi connectivity index (χ2n) is 7.16. The molecule has 0 saturated carbocycles. The van der Waals surface area contributed by atoms with E-state index in [0.717, 1.165) is 23.7 Å². The molecule has 30 heavy (non-hydrogen) atoms. The Kier molecular flexibility index (Phi) is 6.40. The lowest BCUT2D eigenvalue weighted by molar-refractivity contribution is -0.114. The number of hydrogen-bond donors (Lipinski definition) is 1. The fourth-order valence-electron chi connectivity index (χ4n) is 3.38. The van der Waals surface area contributed by atoms with E-state index in [1.807, 2.05) is 11.5 Å². The van der Waals surface area contributed by atoms with E-state index in [2.05, 4.69) is 9.82 Å². The van der Waals surface area contributed by atoms with Gasteiger partial charge in [-0.1, -0.05) is 19.8 Å². The van der Waals surface area contributed by atoms with Gasteiger partial charge in [-0.2, -0.15) is 5.10 Å². The van der Waals surface area contributed by atoms with Crippen LogP contribution in [0.3, 0.4) is 0 Å². The SMILES string of the molecule is CCCCCS(=O)(=O)NC(=O)C=Cc1c(C)nn(C)c1-n1ccc2cc(F)ccc21. The molecule has 0 spiro atoms. The Morgan fingerprint density at radius 3 is 2.77 bits per heavy atom. The van der Waals surface area contributed by atoms with Crippen molar-refractivity contribution in [3.05, 3.63) is 53.6 Å². The van der Waals surface area contributed by atoms with Gasteiger partial charge in [0.2, 0.25) is 10.0 Å². The first-order chi connectivity index (χ1) is 14.2. The lowest BCUT2D eigenvalue weighted by Crippen LogP contribution is -2.31. The third kappa shape index (κ3) is 4.79. The summed E-state index contributed by atoms with van der Waals surface area (Å²) in [6.07, 6.45) is 6.73. The molecule has 0 aliphatic rings. The normalized spacial score (nSPS) is 12.1. The molecule has 160 valence electrons. The molecule has 7 nitrogen and oxygen atoms in total. The van der Waals surface area contributed by atoms with Crippen LogP contribution in [0.1, 0.15) is 37.4 Å². The van der Waals surface area contributed by atoms with Crippen molar-refractivity contribution in [2.75, 3.05) is 5.75 Å². The highest BCUT2D eigenvalue weighted by molar-refractivity contribution is 7.90. The standard InChI is InChI=1S/C21H25FN4O3S/c1-4-5-6-13-30(28,29)24-20(27)10-8-18-15(2)23-25(3)21(18)26-12-11-16-14-17(22)7-9-19(16)26/h7-12,14H,4-6,13H2,1-3H3,(H,24,27). The molecule has 0 unspecified atom stereocenters. The molecule has 0 radical (unpaired) electrons. The minimum atomic E-state index is -3.66. The van der Waals surface area contributed by atoms with Gasteiger partial charge in [-0.3, -0.25) is 9.48 Å². The van der Waals surface area contributed by atoms with Crippen LogP contribution in [0.4, 0.5) is 4.39 Å². The number of rotatable bonds is 8.